The lowest BCUT2D eigenvalue weighted by Crippen LogP contribution is -2.46. The number of halogens is 1. The summed E-state index contributed by atoms with van der Waals surface area (Å²) in [6, 6.07) is 7.50. The van der Waals surface area contributed by atoms with Crippen LogP contribution in [0.15, 0.2) is 24.3 Å². The minimum Gasteiger partial charge on any atom is -0.394 e. The Morgan fingerprint density at radius 1 is 1.22 bits per heavy atom. The molecule has 0 heterocycles. The predicted molar refractivity (Wildman–Crippen MR) is 74.6 cm³/mol. The first-order valence-corrected chi connectivity index (χ1v) is 6.72. The van der Waals surface area contributed by atoms with E-state index in [0.717, 1.165) is 23.4 Å². The maximum Gasteiger partial charge on any atom is 0.0613 e. The Hall–Kier alpha value is -1.01. The Bertz CT molecular complexity index is 438. The van der Waals surface area contributed by atoms with Crippen LogP contribution < -0.4 is 5.32 Å². The maximum absolute atomic E-state index is 9.44. The second kappa shape index (κ2) is 6.24. The summed E-state index contributed by atoms with van der Waals surface area (Å²) < 4.78 is 0. The molecular weight excluding hydrogens is 246 g/mol. The first-order valence-electron chi connectivity index (χ1n) is 6.34. The molecule has 0 unspecified atom stereocenters. The zero-order valence-electron chi connectivity index (χ0n) is 10.4. The Labute approximate surface area is 113 Å². The molecule has 0 aliphatic heterocycles. The van der Waals surface area contributed by atoms with Crippen LogP contribution in [0.2, 0.25) is 5.02 Å². The van der Waals surface area contributed by atoms with Crippen molar-refractivity contribution in [3.63, 3.8) is 0 Å². The highest BCUT2D eigenvalue weighted by atomic mass is 35.5. The average molecular weight is 264 g/mol. The van der Waals surface area contributed by atoms with Gasteiger partial charge < -0.3 is 5.11 Å². The molecule has 2 rings (SSSR count). The summed E-state index contributed by atoms with van der Waals surface area (Å²) >= 11 is 5.81. The minimum absolute atomic E-state index is 0.0886. The van der Waals surface area contributed by atoms with Gasteiger partial charge in [-0.25, -0.2) is 0 Å². The zero-order valence-corrected chi connectivity index (χ0v) is 11.1. The molecule has 1 aromatic rings. The summed E-state index contributed by atoms with van der Waals surface area (Å²) in [5.74, 6) is 6.18. The van der Waals surface area contributed by atoms with Crippen LogP contribution in [0.25, 0.3) is 0 Å². The van der Waals surface area contributed by atoms with Crippen LogP contribution in [0.5, 0.6) is 0 Å². The summed E-state index contributed by atoms with van der Waals surface area (Å²) in [6.45, 7) is 0.818. The van der Waals surface area contributed by atoms with E-state index in [1.54, 1.807) is 0 Å². The van der Waals surface area contributed by atoms with E-state index < -0.39 is 0 Å². The van der Waals surface area contributed by atoms with Crippen molar-refractivity contribution in [3.05, 3.63) is 34.9 Å². The van der Waals surface area contributed by atoms with E-state index in [-0.39, 0.29) is 12.1 Å². The van der Waals surface area contributed by atoms with Crippen LogP contribution in [0, 0.1) is 11.8 Å². The van der Waals surface area contributed by atoms with Gasteiger partial charge in [0.1, 0.15) is 0 Å². The summed E-state index contributed by atoms with van der Waals surface area (Å²) in [5.41, 5.74) is 0.875. The predicted octanol–water partition coefficient (Wildman–Crippen LogP) is 2.59. The molecule has 0 amide bonds. The molecule has 1 saturated carbocycles. The number of rotatable bonds is 3. The first-order chi connectivity index (χ1) is 8.74. The summed E-state index contributed by atoms with van der Waals surface area (Å²) in [4.78, 5) is 0. The zero-order chi connectivity index (χ0) is 12.8. The average Bonchev–Trinajstić information content (AvgIpc) is 2.86. The summed E-state index contributed by atoms with van der Waals surface area (Å²) in [7, 11) is 0. The van der Waals surface area contributed by atoms with Gasteiger partial charge in [0, 0.05) is 16.1 Å². The third-order valence-corrected chi connectivity index (χ3v) is 3.74. The number of aliphatic hydroxyl groups excluding tert-OH is 1. The second-order valence-electron chi connectivity index (χ2n) is 4.81. The van der Waals surface area contributed by atoms with Gasteiger partial charge in [0.25, 0.3) is 0 Å². The SMILES string of the molecule is OCC1(NCC#Cc2ccc(Cl)cc2)CCCC1. The first kappa shape index (κ1) is 13.4. The lowest BCUT2D eigenvalue weighted by atomic mass is 9.99. The van der Waals surface area contributed by atoms with Crippen molar-refractivity contribution in [1.82, 2.24) is 5.32 Å². The molecule has 0 saturated heterocycles. The van der Waals surface area contributed by atoms with E-state index >= 15 is 0 Å². The Balaban J connectivity index is 1.87. The van der Waals surface area contributed by atoms with Crippen molar-refractivity contribution in [3.8, 4) is 11.8 Å². The molecule has 18 heavy (non-hydrogen) atoms. The molecule has 0 aromatic heterocycles. The molecule has 0 atom stereocenters. The fourth-order valence-electron chi connectivity index (χ4n) is 2.35. The highest BCUT2D eigenvalue weighted by molar-refractivity contribution is 6.30. The van der Waals surface area contributed by atoms with Gasteiger partial charge in [-0.2, -0.15) is 0 Å². The van der Waals surface area contributed by atoms with Gasteiger partial charge >= 0.3 is 0 Å². The monoisotopic (exact) mass is 263 g/mol. The molecule has 0 radical (unpaired) electrons. The van der Waals surface area contributed by atoms with Gasteiger partial charge in [0.2, 0.25) is 0 Å². The van der Waals surface area contributed by atoms with Crippen molar-refractivity contribution >= 4 is 11.6 Å². The summed E-state index contributed by atoms with van der Waals surface area (Å²) in [5, 5.41) is 13.5. The Morgan fingerprint density at radius 3 is 2.50 bits per heavy atom. The van der Waals surface area contributed by atoms with Gasteiger partial charge in [0.15, 0.2) is 0 Å². The van der Waals surface area contributed by atoms with Crippen LogP contribution in [0.1, 0.15) is 31.2 Å². The van der Waals surface area contributed by atoms with Crippen molar-refractivity contribution in [2.75, 3.05) is 13.2 Å². The van der Waals surface area contributed by atoms with E-state index in [9.17, 15) is 5.11 Å². The van der Waals surface area contributed by atoms with Crippen molar-refractivity contribution < 1.29 is 5.11 Å². The fraction of sp³-hybridized carbons (Fsp3) is 0.467. The maximum atomic E-state index is 9.44. The van der Waals surface area contributed by atoms with Gasteiger partial charge in [-0.05, 0) is 37.1 Å². The lowest BCUT2D eigenvalue weighted by molar-refractivity contribution is 0.169. The largest absolute Gasteiger partial charge is 0.394 e. The molecule has 1 fully saturated rings. The second-order valence-corrected chi connectivity index (χ2v) is 5.24. The van der Waals surface area contributed by atoms with E-state index in [0.29, 0.717) is 6.54 Å². The molecule has 1 aliphatic rings. The quantitative estimate of drug-likeness (QED) is 0.822. The van der Waals surface area contributed by atoms with Gasteiger partial charge in [-0.15, -0.1) is 0 Å². The van der Waals surface area contributed by atoms with Crippen molar-refractivity contribution in [1.29, 1.82) is 0 Å². The van der Waals surface area contributed by atoms with Gasteiger partial charge in [-0.3, -0.25) is 5.32 Å². The number of nitrogens with one attached hydrogen (secondary N) is 1. The number of benzene rings is 1. The van der Waals surface area contributed by atoms with E-state index in [1.807, 2.05) is 24.3 Å². The molecule has 2 N–H and O–H groups in total. The standard InChI is InChI=1S/C15H18ClNO/c16-14-7-5-13(6-8-14)4-3-11-17-15(12-18)9-1-2-10-15/h5-8,17-18H,1-2,9-12H2. The van der Waals surface area contributed by atoms with Crippen molar-refractivity contribution in [2.45, 2.75) is 31.2 Å². The van der Waals surface area contributed by atoms with Crippen molar-refractivity contribution in [2.24, 2.45) is 0 Å². The Kier molecular flexibility index (Phi) is 4.66. The molecule has 0 bridgehead atoms. The topological polar surface area (TPSA) is 32.3 Å². The molecule has 0 spiro atoms. The van der Waals surface area contributed by atoms with Gasteiger partial charge in [0.05, 0.1) is 13.2 Å². The molecular formula is C15H18ClNO. The molecule has 3 heteroatoms. The van der Waals surface area contributed by atoms with E-state index in [1.165, 1.54) is 12.8 Å². The number of hydrogen-bond acceptors (Lipinski definition) is 2. The van der Waals surface area contributed by atoms with Crippen LogP contribution in [0.4, 0.5) is 0 Å². The van der Waals surface area contributed by atoms with Gasteiger partial charge in [-0.1, -0.05) is 36.3 Å². The molecule has 96 valence electrons. The highest BCUT2D eigenvalue weighted by Gasteiger charge is 2.31. The number of aliphatic hydroxyl groups is 1. The summed E-state index contributed by atoms with van der Waals surface area (Å²) in [6.07, 6.45) is 4.48. The fourth-order valence-corrected chi connectivity index (χ4v) is 2.48. The molecule has 1 aliphatic carbocycles. The van der Waals surface area contributed by atoms with Crippen LogP contribution in [-0.4, -0.2) is 23.8 Å². The number of hydrogen-bond donors (Lipinski definition) is 2. The minimum atomic E-state index is -0.0886. The van der Waals surface area contributed by atoms with Crippen LogP contribution >= 0.6 is 11.6 Å². The molecule has 2 nitrogen and oxygen atoms in total. The lowest BCUT2D eigenvalue weighted by Gasteiger charge is -2.26. The third kappa shape index (κ3) is 3.49. The molecule has 1 aromatic carbocycles. The van der Waals surface area contributed by atoms with Crippen LogP contribution in [-0.2, 0) is 0 Å². The smallest absolute Gasteiger partial charge is 0.0613 e. The Morgan fingerprint density at radius 2 is 1.89 bits per heavy atom. The normalized spacial score (nSPS) is 17.2. The van der Waals surface area contributed by atoms with E-state index in [2.05, 4.69) is 17.2 Å². The highest BCUT2D eigenvalue weighted by Crippen LogP contribution is 2.28. The van der Waals surface area contributed by atoms with Crippen LogP contribution in [0.3, 0.4) is 0 Å². The third-order valence-electron chi connectivity index (χ3n) is 3.49. The van der Waals surface area contributed by atoms with E-state index in [4.69, 9.17) is 11.6 Å².